The molecule has 1 heterocycles. The van der Waals surface area contributed by atoms with E-state index in [4.69, 9.17) is 11.6 Å². The zero-order chi connectivity index (χ0) is 11.5. The second-order valence-corrected chi connectivity index (χ2v) is 4.15. The third-order valence-electron chi connectivity index (χ3n) is 2.68. The zero-order valence-corrected chi connectivity index (χ0v) is 10.1. The van der Waals surface area contributed by atoms with Crippen molar-refractivity contribution in [2.24, 2.45) is 0 Å². The summed E-state index contributed by atoms with van der Waals surface area (Å²) in [6.07, 6.45) is 1.84. The molecule has 0 bridgehead atoms. The van der Waals surface area contributed by atoms with Crippen molar-refractivity contribution in [1.82, 2.24) is 9.97 Å². The highest BCUT2D eigenvalue weighted by molar-refractivity contribution is 6.18. The van der Waals surface area contributed by atoms with Crippen molar-refractivity contribution in [3.05, 3.63) is 30.5 Å². The number of anilines is 1. The first-order valence-electron chi connectivity index (χ1n) is 5.23. The van der Waals surface area contributed by atoms with E-state index >= 15 is 0 Å². The molecule has 0 aliphatic carbocycles. The van der Waals surface area contributed by atoms with E-state index in [-0.39, 0.29) is 6.04 Å². The standard InChI is InChI=1S/C12H14ClN3/c1-9(7-13)16(2)12-14-8-10-5-3-4-6-11(10)15-12/h3-6,8-9H,7H2,1-2H3. The van der Waals surface area contributed by atoms with Gasteiger partial charge in [0.25, 0.3) is 0 Å². The summed E-state index contributed by atoms with van der Waals surface area (Å²) in [5.74, 6) is 1.28. The van der Waals surface area contributed by atoms with Crippen LogP contribution in [0.4, 0.5) is 5.95 Å². The topological polar surface area (TPSA) is 29.0 Å². The predicted octanol–water partition coefficient (Wildman–Crippen LogP) is 2.69. The molecule has 0 fully saturated rings. The van der Waals surface area contributed by atoms with E-state index in [9.17, 15) is 0 Å². The Morgan fingerprint density at radius 3 is 2.88 bits per heavy atom. The molecular formula is C12H14ClN3. The van der Waals surface area contributed by atoms with Gasteiger partial charge >= 0.3 is 0 Å². The minimum atomic E-state index is 0.225. The van der Waals surface area contributed by atoms with E-state index in [0.717, 1.165) is 10.9 Å². The first-order valence-corrected chi connectivity index (χ1v) is 5.76. The molecule has 2 rings (SSSR count). The van der Waals surface area contributed by atoms with Gasteiger partial charge in [0.1, 0.15) is 0 Å². The van der Waals surface area contributed by atoms with Gasteiger partial charge in [-0.1, -0.05) is 18.2 Å². The molecule has 1 aromatic heterocycles. The van der Waals surface area contributed by atoms with Crippen LogP contribution in [0, 0.1) is 0 Å². The Morgan fingerprint density at radius 1 is 1.38 bits per heavy atom. The normalized spacial score (nSPS) is 12.7. The van der Waals surface area contributed by atoms with Gasteiger partial charge in [-0.15, -0.1) is 11.6 Å². The quantitative estimate of drug-likeness (QED) is 0.766. The van der Waals surface area contributed by atoms with Crippen LogP contribution < -0.4 is 4.90 Å². The molecule has 3 nitrogen and oxygen atoms in total. The van der Waals surface area contributed by atoms with Crippen molar-refractivity contribution in [2.45, 2.75) is 13.0 Å². The van der Waals surface area contributed by atoms with Crippen LogP contribution in [0.15, 0.2) is 30.5 Å². The van der Waals surface area contributed by atoms with Crippen molar-refractivity contribution >= 4 is 28.5 Å². The van der Waals surface area contributed by atoms with Crippen LogP contribution in [-0.2, 0) is 0 Å². The summed E-state index contributed by atoms with van der Waals surface area (Å²) in [5.41, 5.74) is 0.959. The molecule has 0 spiro atoms. The van der Waals surface area contributed by atoms with E-state index in [1.165, 1.54) is 0 Å². The van der Waals surface area contributed by atoms with Crippen molar-refractivity contribution in [3.63, 3.8) is 0 Å². The van der Waals surface area contributed by atoms with E-state index in [0.29, 0.717) is 11.8 Å². The van der Waals surface area contributed by atoms with E-state index in [1.54, 1.807) is 0 Å². The molecular weight excluding hydrogens is 222 g/mol. The lowest BCUT2D eigenvalue weighted by atomic mass is 10.2. The summed E-state index contributed by atoms with van der Waals surface area (Å²) in [6, 6.07) is 8.17. The van der Waals surface area contributed by atoms with E-state index in [2.05, 4.69) is 9.97 Å². The van der Waals surface area contributed by atoms with Crippen LogP contribution in [-0.4, -0.2) is 28.9 Å². The average molecular weight is 236 g/mol. The maximum absolute atomic E-state index is 5.82. The van der Waals surface area contributed by atoms with E-state index in [1.807, 2.05) is 49.3 Å². The van der Waals surface area contributed by atoms with E-state index < -0.39 is 0 Å². The SMILES string of the molecule is CC(CCl)N(C)c1ncc2ccccc2n1. The lowest BCUT2D eigenvalue weighted by molar-refractivity contribution is 0.737. The molecule has 1 aromatic carbocycles. The number of nitrogens with zero attached hydrogens (tertiary/aromatic N) is 3. The molecule has 0 radical (unpaired) electrons. The second-order valence-electron chi connectivity index (χ2n) is 3.84. The van der Waals surface area contributed by atoms with Crippen LogP contribution in [0.25, 0.3) is 10.9 Å². The fourth-order valence-electron chi connectivity index (χ4n) is 1.43. The summed E-state index contributed by atoms with van der Waals surface area (Å²) in [7, 11) is 1.96. The number of rotatable bonds is 3. The molecule has 1 atom stereocenters. The fraction of sp³-hybridized carbons (Fsp3) is 0.333. The molecule has 0 aliphatic rings. The minimum Gasteiger partial charge on any atom is -0.340 e. The van der Waals surface area contributed by atoms with Crippen molar-refractivity contribution in [1.29, 1.82) is 0 Å². The number of para-hydroxylation sites is 1. The van der Waals surface area contributed by atoms with Gasteiger partial charge in [-0.2, -0.15) is 0 Å². The van der Waals surface area contributed by atoms with Gasteiger partial charge in [0.15, 0.2) is 0 Å². The number of benzene rings is 1. The Morgan fingerprint density at radius 2 is 2.12 bits per heavy atom. The van der Waals surface area contributed by atoms with Gasteiger partial charge in [0.05, 0.1) is 5.52 Å². The van der Waals surface area contributed by atoms with Crippen LogP contribution in [0.2, 0.25) is 0 Å². The van der Waals surface area contributed by atoms with Crippen molar-refractivity contribution in [2.75, 3.05) is 17.8 Å². The van der Waals surface area contributed by atoms with Crippen molar-refractivity contribution < 1.29 is 0 Å². The Hall–Kier alpha value is -1.35. The highest BCUT2D eigenvalue weighted by atomic mass is 35.5. The lowest BCUT2D eigenvalue weighted by Gasteiger charge is -2.22. The summed E-state index contributed by atoms with van der Waals surface area (Å²) >= 11 is 5.82. The maximum Gasteiger partial charge on any atom is 0.225 e. The minimum absolute atomic E-state index is 0.225. The summed E-state index contributed by atoms with van der Waals surface area (Å²) in [4.78, 5) is 10.8. The van der Waals surface area contributed by atoms with Crippen LogP contribution >= 0.6 is 11.6 Å². The summed E-state index contributed by atoms with van der Waals surface area (Å²) < 4.78 is 0. The molecule has 1 unspecified atom stereocenters. The Labute approximate surface area is 100 Å². The third kappa shape index (κ3) is 2.09. The monoisotopic (exact) mass is 235 g/mol. The molecule has 4 heteroatoms. The fourth-order valence-corrected chi connectivity index (χ4v) is 1.64. The maximum atomic E-state index is 5.82. The molecule has 84 valence electrons. The molecule has 16 heavy (non-hydrogen) atoms. The molecule has 0 aliphatic heterocycles. The number of halogens is 1. The number of hydrogen-bond acceptors (Lipinski definition) is 3. The summed E-state index contributed by atoms with van der Waals surface area (Å²) in [6.45, 7) is 2.05. The molecule has 0 N–H and O–H groups in total. The second kappa shape index (κ2) is 4.66. The molecule has 2 aromatic rings. The zero-order valence-electron chi connectivity index (χ0n) is 9.39. The highest BCUT2D eigenvalue weighted by Gasteiger charge is 2.11. The van der Waals surface area contributed by atoms with Crippen LogP contribution in [0.5, 0.6) is 0 Å². The van der Waals surface area contributed by atoms with Gasteiger partial charge in [-0.3, -0.25) is 0 Å². The molecule has 0 saturated carbocycles. The van der Waals surface area contributed by atoms with Gasteiger partial charge < -0.3 is 4.90 Å². The number of alkyl halides is 1. The largest absolute Gasteiger partial charge is 0.340 e. The number of fused-ring (bicyclic) bond motifs is 1. The highest BCUT2D eigenvalue weighted by Crippen LogP contribution is 2.15. The Bertz CT molecular complexity index is 486. The van der Waals surface area contributed by atoms with Gasteiger partial charge in [-0.25, -0.2) is 9.97 Å². The van der Waals surface area contributed by atoms with Crippen LogP contribution in [0.1, 0.15) is 6.92 Å². The summed E-state index contributed by atoms with van der Waals surface area (Å²) in [5, 5.41) is 1.05. The Balaban J connectivity index is 2.39. The smallest absolute Gasteiger partial charge is 0.225 e. The first kappa shape index (κ1) is 11.1. The molecule has 0 amide bonds. The van der Waals surface area contributed by atoms with Gasteiger partial charge in [0.2, 0.25) is 5.95 Å². The molecule has 0 saturated heterocycles. The average Bonchev–Trinajstić information content (AvgIpc) is 2.36. The van der Waals surface area contributed by atoms with Gasteiger partial charge in [0, 0.05) is 30.6 Å². The predicted molar refractivity (Wildman–Crippen MR) is 68.1 cm³/mol. The van der Waals surface area contributed by atoms with Gasteiger partial charge in [-0.05, 0) is 13.0 Å². The first-order chi connectivity index (χ1) is 7.72. The number of hydrogen-bond donors (Lipinski definition) is 0. The lowest BCUT2D eigenvalue weighted by Crippen LogP contribution is -2.31. The number of aromatic nitrogens is 2. The Kier molecular flexibility index (Phi) is 3.25. The van der Waals surface area contributed by atoms with Crippen molar-refractivity contribution in [3.8, 4) is 0 Å². The van der Waals surface area contributed by atoms with Crippen LogP contribution in [0.3, 0.4) is 0 Å². The third-order valence-corrected chi connectivity index (χ3v) is 3.12.